The lowest BCUT2D eigenvalue weighted by Gasteiger charge is -2.23. The monoisotopic (exact) mass is 424 g/mol. The zero-order valence-corrected chi connectivity index (χ0v) is 17.6. The standard InChI is InChI=1S/C21H26F2N2O3S/c1-4-20(17-9-6-5-8-15(17)2)24-21(26)10-7-13-25(29(3,27)28)16-11-12-18(22)19(23)14-16/h5-6,8-9,11-12,14,20H,4,7,10,13H2,1-3H3,(H,24,26). The van der Waals surface area contributed by atoms with E-state index in [2.05, 4.69) is 5.32 Å². The molecule has 2 rings (SSSR count). The summed E-state index contributed by atoms with van der Waals surface area (Å²) in [5.74, 6) is -2.37. The van der Waals surface area contributed by atoms with Crippen LogP contribution < -0.4 is 9.62 Å². The Morgan fingerprint density at radius 3 is 2.41 bits per heavy atom. The molecule has 1 N–H and O–H groups in total. The van der Waals surface area contributed by atoms with Gasteiger partial charge in [-0.3, -0.25) is 9.10 Å². The highest BCUT2D eigenvalue weighted by Crippen LogP contribution is 2.22. The lowest BCUT2D eigenvalue weighted by atomic mass is 9.99. The maximum Gasteiger partial charge on any atom is 0.232 e. The van der Waals surface area contributed by atoms with Crippen LogP contribution in [0, 0.1) is 18.6 Å². The van der Waals surface area contributed by atoms with E-state index in [9.17, 15) is 22.0 Å². The third-order valence-electron chi connectivity index (χ3n) is 4.66. The van der Waals surface area contributed by atoms with Crippen LogP contribution in [0.25, 0.3) is 0 Å². The predicted molar refractivity (Wildman–Crippen MR) is 110 cm³/mol. The van der Waals surface area contributed by atoms with E-state index in [-0.39, 0.29) is 37.0 Å². The van der Waals surface area contributed by atoms with Gasteiger partial charge in [0.2, 0.25) is 15.9 Å². The number of amides is 1. The van der Waals surface area contributed by atoms with Crippen molar-refractivity contribution >= 4 is 21.6 Å². The fraction of sp³-hybridized carbons (Fsp3) is 0.381. The van der Waals surface area contributed by atoms with Crippen LogP contribution in [0.5, 0.6) is 0 Å². The van der Waals surface area contributed by atoms with Crippen LogP contribution in [-0.4, -0.2) is 27.1 Å². The number of aryl methyl sites for hydroxylation is 1. The summed E-state index contributed by atoms with van der Waals surface area (Å²) in [6, 6.07) is 10.6. The highest BCUT2D eigenvalue weighted by atomic mass is 32.2. The molecule has 2 aromatic rings. The topological polar surface area (TPSA) is 66.5 Å². The van der Waals surface area contributed by atoms with Crippen molar-refractivity contribution in [1.29, 1.82) is 0 Å². The minimum atomic E-state index is -3.71. The Morgan fingerprint density at radius 1 is 1.14 bits per heavy atom. The quantitative estimate of drug-likeness (QED) is 0.659. The molecule has 0 radical (unpaired) electrons. The Balaban J connectivity index is 2.01. The number of anilines is 1. The fourth-order valence-corrected chi connectivity index (χ4v) is 4.11. The first-order chi connectivity index (χ1) is 13.6. The van der Waals surface area contributed by atoms with Crippen molar-refractivity contribution in [2.45, 2.75) is 39.2 Å². The van der Waals surface area contributed by atoms with Crippen molar-refractivity contribution in [2.24, 2.45) is 0 Å². The molecule has 5 nitrogen and oxygen atoms in total. The van der Waals surface area contributed by atoms with Crippen LogP contribution in [0.4, 0.5) is 14.5 Å². The molecule has 2 aromatic carbocycles. The molecule has 0 fully saturated rings. The zero-order valence-electron chi connectivity index (χ0n) is 16.8. The first-order valence-corrected chi connectivity index (χ1v) is 11.3. The van der Waals surface area contributed by atoms with E-state index in [0.717, 1.165) is 40.2 Å². The van der Waals surface area contributed by atoms with Crippen LogP contribution >= 0.6 is 0 Å². The highest BCUT2D eigenvalue weighted by Gasteiger charge is 2.20. The molecule has 0 aliphatic heterocycles. The average Bonchev–Trinajstić information content (AvgIpc) is 2.65. The molecule has 1 atom stereocenters. The third kappa shape index (κ3) is 6.25. The Labute approximate surface area is 170 Å². The molecular weight excluding hydrogens is 398 g/mol. The summed E-state index contributed by atoms with van der Waals surface area (Å²) in [6.45, 7) is 3.94. The second kappa shape index (κ2) is 9.82. The molecule has 0 aromatic heterocycles. The minimum Gasteiger partial charge on any atom is -0.349 e. The van der Waals surface area contributed by atoms with Crippen LogP contribution in [0.1, 0.15) is 43.4 Å². The molecule has 1 unspecified atom stereocenters. The summed E-state index contributed by atoms with van der Waals surface area (Å²) >= 11 is 0. The SMILES string of the molecule is CCC(NC(=O)CCCN(c1ccc(F)c(F)c1)S(C)(=O)=O)c1ccccc1C. The van der Waals surface area contributed by atoms with Gasteiger partial charge in [-0.05, 0) is 43.0 Å². The average molecular weight is 425 g/mol. The summed E-state index contributed by atoms with van der Waals surface area (Å²) in [5.41, 5.74) is 2.15. The van der Waals surface area contributed by atoms with E-state index in [1.54, 1.807) is 0 Å². The molecule has 8 heteroatoms. The third-order valence-corrected chi connectivity index (χ3v) is 5.86. The highest BCUT2D eigenvalue weighted by molar-refractivity contribution is 7.92. The summed E-state index contributed by atoms with van der Waals surface area (Å²) in [7, 11) is -3.71. The number of hydrogen-bond acceptors (Lipinski definition) is 3. The summed E-state index contributed by atoms with van der Waals surface area (Å²) < 4.78 is 51.7. The maximum absolute atomic E-state index is 13.5. The van der Waals surface area contributed by atoms with Crippen molar-refractivity contribution in [2.75, 3.05) is 17.1 Å². The van der Waals surface area contributed by atoms with Gasteiger partial charge in [0.05, 0.1) is 18.0 Å². The van der Waals surface area contributed by atoms with E-state index >= 15 is 0 Å². The Hall–Kier alpha value is -2.48. The molecule has 158 valence electrons. The normalized spacial score (nSPS) is 12.4. The van der Waals surface area contributed by atoms with Gasteiger partial charge in [-0.15, -0.1) is 0 Å². The molecule has 0 spiro atoms. The molecule has 0 saturated heterocycles. The van der Waals surface area contributed by atoms with E-state index in [0.29, 0.717) is 0 Å². The van der Waals surface area contributed by atoms with Crippen LogP contribution in [0.2, 0.25) is 0 Å². The number of rotatable bonds is 9. The van der Waals surface area contributed by atoms with Gasteiger partial charge >= 0.3 is 0 Å². The molecule has 0 heterocycles. The zero-order chi connectivity index (χ0) is 21.6. The van der Waals surface area contributed by atoms with Gasteiger partial charge in [-0.1, -0.05) is 31.2 Å². The Bertz CT molecular complexity index is 964. The summed E-state index contributed by atoms with van der Waals surface area (Å²) in [4.78, 5) is 12.4. The van der Waals surface area contributed by atoms with Crippen LogP contribution in [0.15, 0.2) is 42.5 Å². The van der Waals surface area contributed by atoms with Gasteiger partial charge in [0, 0.05) is 19.0 Å². The van der Waals surface area contributed by atoms with E-state index < -0.39 is 21.7 Å². The molecule has 29 heavy (non-hydrogen) atoms. The maximum atomic E-state index is 13.5. The van der Waals surface area contributed by atoms with E-state index in [1.807, 2.05) is 38.1 Å². The molecule has 0 bridgehead atoms. The Morgan fingerprint density at radius 2 is 1.83 bits per heavy atom. The van der Waals surface area contributed by atoms with Crippen molar-refractivity contribution < 1.29 is 22.0 Å². The predicted octanol–water partition coefficient (Wildman–Crippen LogP) is 4.09. The number of benzene rings is 2. The summed E-state index contributed by atoms with van der Waals surface area (Å²) in [5, 5.41) is 2.98. The number of carbonyl (C=O) groups excluding carboxylic acids is 1. The largest absolute Gasteiger partial charge is 0.349 e. The number of hydrogen-bond donors (Lipinski definition) is 1. The van der Waals surface area contributed by atoms with E-state index in [4.69, 9.17) is 0 Å². The van der Waals surface area contributed by atoms with Gasteiger partial charge in [0.15, 0.2) is 11.6 Å². The smallest absolute Gasteiger partial charge is 0.232 e. The molecule has 0 aliphatic carbocycles. The molecule has 0 saturated carbocycles. The molecular formula is C21H26F2N2O3S. The second-order valence-corrected chi connectivity index (χ2v) is 8.83. The fourth-order valence-electron chi connectivity index (χ4n) is 3.15. The second-order valence-electron chi connectivity index (χ2n) is 6.92. The lowest BCUT2D eigenvalue weighted by molar-refractivity contribution is -0.121. The molecule has 0 aliphatic rings. The number of nitrogens with zero attached hydrogens (tertiary/aromatic N) is 1. The minimum absolute atomic E-state index is 0.0154. The van der Waals surface area contributed by atoms with Gasteiger partial charge in [0.25, 0.3) is 0 Å². The van der Waals surface area contributed by atoms with Gasteiger partial charge < -0.3 is 5.32 Å². The number of carbonyl (C=O) groups is 1. The van der Waals surface area contributed by atoms with Crippen molar-refractivity contribution in [1.82, 2.24) is 5.32 Å². The van der Waals surface area contributed by atoms with Gasteiger partial charge in [0.1, 0.15) is 0 Å². The van der Waals surface area contributed by atoms with Crippen molar-refractivity contribution in [3.63, 3.8) is 0 Å². The first kappa shape index (κ1) is 22.8. The van der Waals surface area contributed by atoms with Gasteiger partial charge in [-0.2, -0.15) is 0 Å². The van der Waals surface area contributed by atoms with Crippen molar-refractivity contribution in [3.8, 4) is 0 Å². The van der Waals surface area contributed by atoms with Crippen LogP contribution in [0.3, 0.4) is 0 Å². The van der Waals surface area contributed by atoms with E-state index in [1.165, 1.54) is 6.07 Å². The molecule has 1 amide bonds. The number of sulfonamides is 1. The van der Waals surface area contributed by atoms with Crippen molar-refractivity contribution in [3.05, 3.63) is 65.2 Å². The summed E-state index contributed by atoms with van der Waals surface area (Å²) in [6.07, 6.45) is 2.06. The van der Waals surface area contributed by atoms with Crippen LogP contribution in [-0.2, 0) is 14.8 Å². The number of nitrogens with one attached hydrogen (secondary N) is 1. The van der Waals surface area contributed by atoms with Gasteiger partial charge in [-0.25, -0.2) is 17.2 Å². The number of halogens is 2. The first-order valence-electron chi connectivity index (χ1n) is 9.41. The lowest BCUT2D eigenvalue weighted by Crippen LogP contribution is -2.33. The Kier molecular flexibility index (Phi) is 7.73.